The van der Waals surface area contributed by atoms with Gasteiger partial charge >= 0.3 is 0 Å². The Morgan fingerprint density at radius 2 is 2.25 bits per heavy atom. The lowest BCUT2D eigenvalue weighted by Gasteiger charge is -2.05. The summed E-state index contributed by atoms with van der Waals surface area (Å²) in [5, 5.41) is 10.3. The van der Waals surface area contributed by atoms with Gasteiger partial charge in [0.15, 0.2) is 0 Å². The number of piperidine rings is 1. The molecule has 16 heavy (non-hydrogen) atoms. The van der Waals surface area contributed by atoms with Gasteiger partial charge in [0.1, 0.15) is 0 Å². The Balaban J connectivity index is 0.000000963. The van der Waals surface area contributed by atoms with E-state index >= 15 is 0 Å². The van der Waals surface area contributed by atoms with Crippen LogP contribution in [0.5, 0.6) is 0 Å². The van der Waals surface area contributed by atoms with Crippen LogP contribution in [0.2, 0.25) is 0 Å². The largest absolute Gasteiger partial charge is 0.349 e. The van der Waals surface area contributed by atoms with Gasteiger partial charge in [0, 0.05) is 32.4 Å². The smallest absolute Gasteiger partial charge is 0.254 e. The van der Waals surface area contributed by atoms with E-state index in [0.29, 0.717) is 23.4 Å². The van der Waals surface area contributed by atoms with E-state index in [1.54, 1.807) is 17.1 Å². The fraction of sp³-hybridized carbons (Fsp3) is 0.600. The Morgan fingerprint density at radius 1 is 1.56 bits per heavy atom. The second-order valence-electron chi connectivity index (χ2n) is 4.39. The van der Waals surface area contributed by atoms with Crippen molar-refractivity contribution in [1.82, 2.24) is 20.4 Å². The number of amides is 1. The van der Waals surface area contributed by atoms with E-state index in [1.807, 2.05) is 7.05 Å². The number of fused-ring (bicyclic) bond motifs is 1. The second-order valence-corrected chi connectivity index (χ2v) is 4.39. The van der Waals surface area contributed by atoms with Crippen LogP contribution >= 0.6 is 12.4 Å². The molecule has 1 aromatic heterocycles. The second kappa shape index (κ2) is 4.07. The van der Waals surface area contributed by atoms with E-state index in [2.05, 4.69) is 15.7 Å². The molecular weight excluding hydrogens is 228 g/mol. The number of hydrogen-bond acceptors (Lipinski definition) is 3. The zero-order chi connectivity index (χ0) is 10.4. The average Bonchev–Trinajstić information content (AvgIpc) is 2.66. The molecule has 1 aromatic rings. The lowest BCUT2D eigenvalue weighted by atomic mass is 10.3. The summed E-state index contributed by atoms with van der Waals surface area (Å²) in [5.41, 5.74) is 0.649. The molecule has 1 amide bonds. The van der Waals surface area contributed by atoms with Crippen molar-refractivity contribution in [2.24, 2.45) is 18.9 Å². The van der Waals surface area contributed by atoms with Crippen LogP contribution < -0.4 is 10.6 Å². The summed E-state index contributed by atoms with van der Waals surface area (Å²) in [6.07, 6.45) is 3.34. The first-order valence-electron chi connectivity index (χ1n) is 5.26. The molecule has 6 heteroatoms. The molecule has 0 aromatic carbocycles. The van der Waals surface area contributed by atoms with E-state index in [4.69, 9.17) is 0 Å². The number of carbonyl (C=O) groups excluding carboxylic acids is 1. The molecule has 1 aliphatic heterocycles. The van der Waals surface area contributed by atoms with Gasteiger partial charge in [-0.15, -0.1) is 12.4 Å². The van der Waals surface area contributed by atoms with Crippen molar-refractivity contribution in [2.75, 3.05) is 13.1 Å². The number of aryl methyl sites for hydroxylation is 1. The molecule has 2 unspecified atom stereocenters. The highest BCUT2D eigenvalue weighted by atomic mass is 35.5. The monoisotopic (exact) mass is 242 g/mol. The topological polar surface area (TPSA) is 59.0 Å². The maximum Gasteiger partial charge on any atom is 0.254 e. The molecule has 1 aliphatic carbocycles. The van der Waals surface area contributed by atoms with Gasteiger partial charge in [-0.25, -0.2) is 0 Å². The van der Waals surface area contributed by atoms with Crippen molar-refractivity contribution < 1.29 is 4.79 Å². The van der Waals surface area contributed by atoms with Gasteiger partial charge in [-0.1, -0.05) is 0 Å². The molecule has 2 heterocycles. The van der Waals surface area contributed by atoms with Crippen LogP contribution in [0.3, 0.4) is 0 Å². The summed E-state index contributed by atoms with van der Waals surface area (Å²) in [4.78, 5) is 11.8. The first-order valence-corrected chi connectivity index (χ1v) is 5.26. The van der Waals surface area contributed by atoms with Gasteiger partial charge in [0.25, 0.3) is 5.91 Å². The standard InChI is InChI=1S/C10H14N4O.ClH/c1-14-5-6(2-12-14)10(15)13-9-7-3-11-4-8(7)9;/h2,5,7-9,11H,3-4H2,1H3,(H,13,15);1H. The van der Waals surface area contributed by atoms with Crippen molar-refractivity contribution in [3.05, 3.63) is 18.0 Å². The Hall–Kier alpha value is -1.07. The molecule has 0 bridgehead atoms. The molecule has 5 nitrogen and oxygen atoms in total. The van der Waals surface area contributed by atoms with Crippen LogP contribution in [0.4, 0.5) is 0 Å². The number of aromatic nitrogens is 2. The molecule has 1 saturated carbocycles. The van der Waals surface area contributed by atoms with Crippen LogP contribution in [0.15, 0.2) is 12.4 Å². The summed E-state index contributed by atoms with van der Waals surface area (Å²) < 4.78 is 1.64. The molecule has 0 radical (unpaired) electrons. The van der Waals surface area contributed by atoms with Gasteiger partial charge in [0.05, 0.1) is 11.8 Å². The first-order chi connectivity index (χ1) is 7.25. The van der Waals surface area contributed by atoms with E-state index in [1.165, 1.54) is 0 Å². The highest BCUT2D eigenvalue weighted by Gasteiger charge is 2.53. The average molecular weight is 243 g/mol. The number of nitrogens with one attached hydrogen (secondary N) is 2. The molecule has 2 atom stereocenters. The zero-order valence-electron chi connectivity index (χ0n) is 9.01. The highest BCUT2D eigenvalue weighted by Crippen LogP contribution is 2.41. The van der Waals surface area contributed by atoms with Crippen LogP contribution in [-0.4, -0.2) is 34.8 Å². The van der Waals surface area contributed by atoms with Crippen molar-refractivity contribution in [1.29, 1.82) is 0 Å². The van der Waals surface area contributed by atoms with Gasteiger partial charge < -0.3 is 10.6 Å². The lowest BCUT2D eigenvalue weighted by Crippen LogP contribution is -2.32. The number of carbonyl (C=O) groups is 1. The zero-order valence-corrected chi connectivity index (χ0v) is 9.83. The normalized spacial score (nSPS) is 30.4. The summed E-state index contributed by atoms with van der Waals surface area (Å²) in [7, 11) is 1.81. The van der Waals surface area contributed by atoms with Crippen molar-refractivity contribution in [3.63, 3.8) is 0 Å². The lowest BCUT2D eigenvalue weighted by molar-refractivity contribution is 0.0946. The minimum Gasteiger partial charge on any atom is -0.349 e. The van der Waals surface area contributed by atoms with Gasteiger partial charge in [-0.3, -0.25) is 9.48 Å². The summed E-state index contributed by atoms with van der Waals surface area (Å²) in [5.74, 6) is 1.32. The Kier molecular flexibility index (Phi) is 2.90. The first kappa shape index (κ1) is 11.4. The SMILES string of the molecule is Cl.Cn1cc(C(=O)NC2C3CNCC32)cn1. The molecule has 0 spiro atoms. The number of halogens is 1. The predicted molar refractivity (Wildman–Crippen MR) is 61.6 cm³/mol. The van der Waals surface area contributed by atoms with Crippen molar-refractivity contribution >= 4 is 18.3 Å². The molecular formula is C10H15ClN4O. The fourth-order valence-electron chi connectivity index (χ4n) is 2.41. The van der Waals surface area contributed by atoms with Crippen molar-refractivity contribution in [2.45, 2.75) is 6.04 Å². The van der Waals surface area contributed by atoms with E-state index in [9.17, 15) is 4.79 Å². The molecule has 2 N–H and O–H groups in total. The molecule has 2 aliphatic rings. The Bertz CT molecular complexity index is 395. The van der Waals surface area contributed by atoms with E-state index in [-0.39, 0.29) is 18.3 Å². The summed E-state index contributed by atoms with van der Waals surface area (Å²) >= 11 is 0. The predicted octanol–water partition coefficient (Wildman–Crippen LogP) is -0.211. The van der Waals surface area contributed by atoms with Crippen LogP contribution in [0.1, 0.15) is 10.4 Å². The van der Waals surface area contributed by atoms with Crippen molar-refractivity contribution in [3.8, 4) is 0 Å². The summed E-state index contributed by atoms with van der Waals surface area (Å²) in [6.45, 7) is 2.09. The third-order valence-corrected chi connectivity index (χ3v) is 3.36. The number of nitrogens with zero attached hydrogens (tertiary/aromatic N) is 2. The fourth-order valence-corrected chi connectivity index (χ4v) is 2.41. The molecule has 1 saturated heterocycles. The molecule has 3 rings (SSSR count). The third-order valence-electron chi connectivity index (χ3n) is 3.36. The molecule has 88 valence electrons. The van der Waals surface area contributed by atoms with Gasteiger partial charge in [-0.05, 0) is 11.8 Å². The quantitative estimate of drug-likeness (QED) is 0.755. The minimum absolute atomic E-state index is 0. The van der Waals surface area contributed by atoms with Gasteiger partial charge in [-0.2, -0.15) is 5.10 Å². The Labute approximate surface area is 100.0 Å². The van der Waals surface area contributed by atoms with Crippen LogP contribution in [-0.2, 0) is 7.05 Å². The number of rotatable bonds is 2. The van der Waals surface area contributed by atoms with Crippen LogP contribution in [0.25, 0.3) is 0 Å². The minimum atomic E-state index is 0. The van der Waals surface area contributed by atoms with E-state index < -0.39 is 0 Å². The van der Waals surface area contributed by atoms with Gasteiger partial charge in [0.2, 0.25) is 0 Å². The van der Waals surface area contributed by atoms with E-state index in [0.717, 1.165) is 13.1 Å². The highest BCUT2D eigenvalue weighted by molar-refractivity contribution is 5.94. The summed E-state index contributed by atoms with van der Waals surface area (Å²) in [6, 6.07) is 0.388. The maximum absolute atomic E-state index is 11.8. The maximum atomic E-state index is 11.8. The third kappa shape index (κ3) is 1.81. The van der Waals surface area contributed by atoms with Crippen LogP contribution in [0, 0.1) is 11.8 Å². The Morgan fingerprint density at radius 3 is 2.81 bits per heavy atom. The molecule has 2 fully saturated rings. The number of hydrogen-bond donors (Lipinski definition) is 2.